The van der Waals surface area contributed by atoms with Crippen LogP contribution < -0.4 is 0 Å². The molecule has 1 saturated heterocycles. The van der Waals surface area contributed by atoms with Gasteiger partial charge in [-0.2, -0.15) is 13.2 Å². The van der Waals surface area contributed by atoms with Crippen molar-refractivity contribution in [2.24, 2.45) is 5.41 Å². The van der Waals surface area contributed by atoms with Crippen molar-refractivity contribution in [3.8, 4) is 0 Å². The molecule has 0 bridgehead atoms. The van der Waals surface area contributed by atoms with E-state index in [-0.39, 0.29) is 17.3 Å². The lowest BCUT2D eigenvalue weighted by atomic mass is 9.86. The third-order valence-corrected chi connectivity index (χ3v) is 3.71. The van der Waals surface area contributed by atoms with Gasteiger partial charge in [-0.15, -0.1) is 0 Å². The van der Waals surface area contributed by atoms with Crippen LogP contribution in [0.4, 0.5) is 13.2 Å². The van der Waals surface area contributed by atoms with Gasteiger partial charge in [0.1, 0.15) is 5.15 Å². The standard InChI is InChI=1S/C12H10ClF3N2O3/c13-8-2-1-7(5-17-8)9(19)18-4-3-11(6-18,10(20)21)12(14,15)16/h1-2,5H,3-4,6H2,(H,20,21). The number of nitrogens with zero attached hydrogens (tertiary/aromatic N) is 2. The Hall–Kier alpha value is -1.83. The second kappa shape index (κ2) is 5.18. The van der Waals surface area contributed by atoms with Crippen LogP contribution in [0.15, 0.2) is 18.3 Å². The van der Waals surface area contributed by atoms with Crippen LogP contribution in [0.5, 0.6) is 0 Å². The quantitative estimate of drug-likeness (QED) is 0.848. The van der Waals surface area contributed by atoms with Crippen LogP contribution in [0.2, 0.25) is 5.15 Å². The van der Waals surface area contributed by atoms with Gasteiger partial charge in [0.2, 0.25) is 0 Å². The average molecular weight is 323 g/mol. The minimum atomic E-state index is -4.92. The SMILES string of the molecule is O=C(c1ccc(Cl)nc1)N1CCC(C(=O)O)(C(F)(F)F)C1. The van der Waals surface area contributed by atoms with E-state index >= 15 is 0 Å². The Morgan fingerprint density at radius 2 is 2.05 bits per heavy atom. The number of amides is 1. The van der Waals surface area contributed by atoms with Crippen molar-refractivity contribution in [2.45, 2.75) is 12.6 Å². The van der Waals surface area contributed by atoms with E-state index in [1.165, 1.54) is 12.1 Å². The first-order valence-corrected chi connectivity index (χ1v) is 6.26. The summed E-state index contributed by atoms with van der Waals surface area (Å²) in [5.74, 6) is -2.67. The second-order valence-electron chi connectivity index (χ2n) is 4.73. The zero-order valence-electron chi connectivity index (χ0n) is 10.5. The number of hydrogen-bond acceptors (Lipinski definition) is 3. The molecule has 0 radical (unpaired) electrons. The van der Waals surface area contributed by atoms with Gasteiger partial charge < -0.3 is 10.0 Å². The molecule has 2 heterocycles. The summed E-state index contributed by atoms with van der Waals surface area (Å²) in [6.07, 6.45) is -4.45. The number of aromatic nitrogens is 1. The van der Waals surface area contributed by atoms with Gasteiger partial charge in [-0.05, 0) is 18.6 Å². The number of alkyl halides is 3. The predicted molar refractivity (Wildman–Crippen MR) is 65.9 cm³/mol. The molecule has 0 spiro atoms. The molecular weight excluding hydrogens is 313 g/mol. The summed E-state index contributed by atoms with van der Waals surface area (Å²) >= 11 is 5.56. The zero-order valence-corrected chi connectivity index (χ0v) is 11.3. The number of likely N-dealkylation sites (tertiary alicyclic amines) is 1. The third-order valence-electron chi connectivity index (χ3n) is 3.48. The van der Waals surface area contributed by atoms with Gasteiger partial charge in [-0.1, -0.05) is 11.6 Å². The normalized spacial score (nSPS) is 22.4. The van der Waals surface area contributed by atoms with E-state index in [0.29, 0.717) is 0 Å². The highest BCUT2D eigenvalue weighted by atomic mass is 35.5. The van der Waals surface area contributed by atoms with Crippen molar-refractivity contribution in [3.05, 3.63) is 29.0 Å². The molecular formula is C12H10ClF3N2O3. The highest BCUT2D eigenvalue weighted by molar-refractivity contribution is 6.29. The van der Waals surface area contributed by atoms with Crippen LogP contribution in [-0.4, -0.2) is 46.1 Å². The number of rotatable bonds is 2. The topological polar surface area (TPSA) is 70.5 Å². The van der Waals surface area contributed by atoms with Crippen LogP contribution in [0.3, 0.4) is 0 Å². The Labute approximate surface area is 122 Å². The van der Waals surface area contributed by atoms with Crippen molar-refractivity contribution in [1.29, 1.82) is 0 Å². The van der Waals surface area contributed by atoms with Gasteiger partial charge in [0, 0.05) is 19.3 Å². The van der Waals surface area contributed by atoms with Crippen molar-refractivity contribution in [3.63, 3.8) is 0 Å². The summed E-state index contributed by atoms with van der Waals surface area (Å²) in [6.45, 7) is -1.19. The van der Waals surface area contributed by atoms with Crippen LogP contribution in [0.1, 0.15) is 16.8 Å². The van der Waals surface area contributed by atoms with Crippen molar-refractivity contribution < 1.29 is 27.9 Å². The van der Waals surface area contributed by atoms with Crippen LogP contribution in [0.25, 0.3) is 0 Å². The minimum Gasteiger partial charge on any atom is -0.481 e. The monoisotopic (exact) mass is 322 g/mol. The molecule has 0 aromatic carbocycles. The number of pyridine rings is 1. The Morgan fingerprint density at radius 1 is 1.38 bits per heavy atom. The number of carboxylic acid groups (broad SMARTS) is 1. The van der Waals surface area contributed by atoms with Gasteiger partial charge >= 0.3 is 12.1 Å². The highest BCUT2D eigenvalue weighted by Gasteiger charge is 2.64. The zero-order chi connectivity index (χ0) is 15.8. The number of carbonyl (C=O) groups excluding carboxylic acids is 1. The number of aliphatic carboxylic acids is 1. The summed E-state index contributed by atoms with van der Waals surface area (Å²) in [5, 5.41) is 9.06. The maximum Gasteiger partial charge on any atom is 0.406 e. The molecule has 1 aliphatic heterocycles. The van der Waals surface area contributed by atoms with Crippen LogP contribution in [0, 0.1) is 5.41 Å². The fraction of sp³-hybridized carbons (Fsp3) is 0.417. The molecule has 5 nitrogen and oxygen atoms in total. The van der Waals surface area contributed by atoms with Gasteiger partial charge in [0.15, 0.2) is 5.41 Å². The molecule has 1 aromatic rings. The summed E-state index contributed by atoms with van der Waals surface area (Å²) in [7, 11) is 0. The van der Waals surface area contributed by atoms with Crippen molar-refractivity contribution in [1.82, 2.24) is 9.88 Å². The maximum atomic E-state index is 13.0. The molecule has 1 unspecified atom stereocenters. The Kier molecular flexibility index (Phi) is 3.83. The molecule has 0 aliphatic carbocycles. The summed E-state index contributed by atoms with van der Waals surface area (Å²) < 4.78 is 39.0. The lowest BCUT2D eigenvalue weighted by Gasteiger charge is -2.27. The largest absolute Gasteiger partial charge is 0.481 e. The highest BCUT2D eigenvalue weighted by Crippen LogP contribution is 2.45. The summed E-state index contributed by atoms with van der Waals surface area (Å²) in [4.78, 5) is 27.6. The fourth-order valence-corrected chi connectivity index (χ4v) is 2.31. The molecule has 114 valence electrons. The van der Waals surface area contributed by atoms with Gasteiger partial charge in [-0.3, -0.25) is 9.59 Å². The number of carboxylic acids is 1. The van der Waals surface area contributed by atoms with E-state index in [0.717, 1.165) is 11.1 Å². The lowest BCUT2D eigenvalue weighted by molar-refractivity contribution is -0.227. The number of carbonyl (C=O) groups is 2. The van der Waals surface area contributed by atoms with Crippen molar-refractivity contribution in [2.75, 3.05) is 13.1 Å². The average Bonchev–Trinajstić information content (AvgIpc) is 2.84. The molecule has 9 heteroatoms. The Balaban J connectivity index is 2.23. The van der Waals surface area contributed by atoms with E-state index in [1.807, 2.05) is 0 Å². The molecule has 1 N–H and O–H groups in total. The molecule has 21 heavy (non-hydrogen) atoms. The lowest BCUT2D eigenvalue weighted by Crippen LogP contribution is -2.47. The maximum absolute atomic E-state index is 13.0. The van der Waals surface area contributed by atoms with Gasteiger partial charge in [0.05, 0.1) is 5.56 Å². The first kappa shape index (κ1) is 15.6. The molecule has 1 fully saturated rings. The van der Waals surface area contributed by atoms with Crippen LogP contribution in [-0.2, 0) is 4.79 Å². The van der Waals surface area contributed by atoms with E-state index in [1.54, 1.807) is 0 Å². The van der Waals surface area contributed by atoms with Crippen molar-refractivity contribution >= 4 is 23.5 Å². The van der Waals surface area contributed by atoms with E-state index in [2.05, 4.69) is 4.98 Å². The Bertz CT molecular complexity index is 576. The molecule has 0 saturated carbocycles. The predicted octanol–water partition coefficient (Wildman–Crippen LogP) is 2.21. The molecule has 1 amide bonds. The van der Waals surface area contributed by atoms with E-state index in [9.17, 15) is 22.8 Å². The minimum absolute atomic E-state index is 0.0581. The summed E-state index contributed by atoms with van der Waals surface area (Å²) in [5.41, 5.74) is -2.86. The molecule has 1 atom stereocenters. The first-order valence-electron chi connectivity index (χ1n) is 5.88. The van der Waals surface area contributed by atoms with E-state index in [4.69, 9.17) is 16.7 Å². The molecule has 1 aliphatic rings. The second-order valence-corrected chi connectivity index (χ2v) is 5.12. The fourth-order valence-electron chi connectivity index (χ4n) is 2.20. The number of hydrogen-bond donors (Lipinski definition) is 1. The van der Waals surface area contributed by atoms with Gasteiger partial charge in [0.25, 0.3) is 5.91 Å². The summed E-state index contributed by atoms with van der Waals surface area (Å²) in [6, 6.07) is 2.66. The third kappa shape index (κ3) is 2.67. The van der Waals surface area contributed by atoms with Gasteiger partial charge in [-0.25, -0.2) is 4.98 Å². The van der Waals surface area contributed by atoms with Crippen LogP contribution >= 0.6 is 11.6 Å². The number of halogens is 4. The molecule has 1 aromatic heterocycles. The molecule has 2 rings (SSSR count). The van der Waals surface area contributed by atoms with E-state index < -0.39 is 36.4 Å². The smallest absolute Gasteiger partial charge is 0.406 e. The first-order chi connectivity index (χ1) is 9.67. The Morgan fingerprint density at radius 3 is 2.48 bits per heavy atom.